The Hall–Kier alpha value is -1.33. The van der Waals surface area contributed by atoms with Gasteiger partial charge < -0.3 is 4.52 Å². The fraction of sp³-hybridized carbons (Fsp3) is 0.0769. The zero-order valence-corrected chi connectivity index (χ0v) is 9.39. The van der Waals surface area contributed by atoms with Gasteiger partial charge in [-0.3, -0.25) is 0 Å². The van der Waals surface area contributed by atoms with E-state index in [9.17, 15) is 0 Å². The van der Waals surface area contributed by atoms with Crippen molar-refractivity contribution in [1.29, 1.82) is 0 Å². The average molecular weight is 216 g/mol. The Morgan fingerprint density at radius 2 is 1.40 bits per heavy atom. The Morgan fingerprint density at radius 3 is 2.07 bits per heavy atom. The Labute approximate surface area is 92.0 Å². The maximum atomic E-state index is 5.64. The van der Waals surface area contributed by atoms with Gasteiger partial charge in [0.25, 0.3) is 0 Å². The monoisotopic (exact) mass is 216 g/mol. The standard InChI is InChI=1S/C13H13OP/c1-3-7-12(8-4-1)11-15-14-13-9-5-2-6-10-13/h1-10,15H,11H2. The number of rotatable bonds is 4. The van der Waals surface area contributed by atoms with Gasteiger partial charge in [-0.05, 0) is 17.7 Å². The molecule has 0 aliphatic rings. The molecule has 0 saturated heterocycles. The van der Waals surface area contributed by atoms with Gasteiger partial charge in [-0.25, -0.2) is 0 Å². The first kappa shape index (κ1) is 10.2. The first-order valence-electron chi connectivity index (χ1n) is 4.94. The fourth-order valence-electron chi connectivity index (χ4n) is 1.29. The van der Waals surface area contributed by atoms with E-state index < -0.39 is 0 Å². The van der Waals surface area contributed by atoms with Crippen LogP contribution < -0.4 is 4.52 Å². The topological polar surface area (TPSA) is 9.23 Å². The minimum atomic E-state index is 0.487. The number of hydrogen-bond donors (Lipinski definition) is 0. The first-order valence-corrected chi connectivity index (χ1v) is 6.05. The summed E-state index contributed by atoms with van der Waals surface area (Å²) in [5, 5.41) is 0. The molecule has 2 heteroatoms. The molecule has 0 bridgehead atoms. The van der Waals surface area contributed by atoms with Crippen LogP contribution in [0.2, 0.25) is 0 Å². The van der Waals surface area contributed by atoms with Crippen molar-refractivity contribution in [2.75, 3.05) is 0 Å². The average Bonchev–Trinajstić information content (AvgIpc) is 2.32. The maximum absolute atomic E-state index is 5.64. The second-order valence-electron chi connectivity index (χ2n) is 3.22. The van der Waals surface area contributed by atoms with Crippen molar-refractivity contribution in [2.24, 2.45) is 0 Å². The third kappa shape index (κ3) is 3.38. The van der Waals surface area contributed by atoms with Crippen LogP contribution in [0.15, 0.2) is 60.7 Å². The fourth-order valence-corrected chi connectivity index (χ4v) is 2.06. The van der Waals surface area contributed by atoms with Crippen LogP contribution in [0, 0.1) is 0 Å². The van der Waals surface area contributed by atoms with E-state index in [1.54, 1.807) is 0 Å². The molecule has 0 aliphatic carbocycles. The summed E-state index contributed by atoms with van der Waals surface area (Å²) in [5.41, 5.74) is 1.33. The highest BCUT2D eigenvalue weighted by Gasteiger charge is 1.93. The zero-order valence-electron chi connectivity index (χ0n) is 8.39. The molecule has 2 rings (SSSR count). The molecule has 0 fully saturated rings. The van der Waals surface area contributed by atoms with Gasteiger partial charge in [0.2, 0.25) is 0 Å². The smallest absolute Gasteiger partial charge is 0.122 e. The van der Waals surface area contributed by atoms with Crippen LogP contribution >= 0.6 is 8.81 Å². The number of benzene rings is 2. The Morgan fingerprint density at radius 1 is 0.800 bits per heavy atom. The lowest BCUT2D eigenvalue weighted by Gasteiger charge is -2.04. The second kappa shape index (κ2) is 5.53. The summed E-state index contributed by atoms with van der Waals surface area (Å²) >= 11 is 0. The molecule has 0 spiro atoms. The summed E-state index contributed by atoms with van der Waals surface area (Å²) in [5.74, 6) is 0.951. The molecular weight excluding hydrogens is 203 g/mol. The Kier molecular flexibility index (Phi) is 3.76. The van der Waals surface area contributed by atoms with Crippen molar-refractivity contribution < 1.29 is 4.52 Å². The summed E-state index contributed by atoms with van der Waals surface area (Å²) < 4.78 is 5.64. The predicted molar refractivity (Wildman–Crippen MR) is 65.5 cm³/mol. The van der Waals surface area contributed by atoms with Crippen molar-refractivity contribution in [3.05, 3.63) is 66.2 Å². The van der Waals surface area contributed by atoms with Crippen LogP contribution in [0.4, 0.5) is 0 Å². The molecule has 1 nitrogen and oxygen atoms in total. The predicted octanol–water partition coefficient (Wildman–Crippen LogP) is 3.86. The molecule has 0 aromatic heterocycles. The lowest BCUT2D eigenvalue weighted by molar-refractivity contribution is 0.630. The quantitative estimate of drug-likeness (QED) is 0.705. The molecule has 0 aliphatic heterocycles. The molecule has 0 radical (unpaired) electrons. The van der Waals surface area contributed by atoms with E-state index in [0.717, 1.165) is 11.9 Å². The largest absolute Gasteiger partial charge is 0.477 e. The van der Waals surface area contributed by atoms with E-state index in [0.29, 0.717) is 8.81 Å². The SMILES string of the molecule is c1ccc(CPOc2ccccc2)cc1. The zero-order chi connectivity index (χ0) is 10.3. The van der Waals surface area contributed by atoms with Gasteiger partial charge in [0, 0.05) is 6.16 Å². The summed E-state index contributed by atoms with van der Waals surface area (Å²) in [4.78, 5) is 0. The molecule has 1 atom stereocenters. The maximum Gasteiger partial charge on any atom is 0.122 e. The van der Waals surface area contributed by atoms with E-state index in [-0.39, 0.29) is 0 Å². The third-order valence-electron chi connectivity index (χ3n) is 2.05. The Bertz CT molecular complexity index is 346. The minimum Gasteiger partial charge on any atom is -0.477 e. The van der Waals surface area contributed by atoms with Gasteiger partial charge >= 0.3 is 0 Å². The lowest BCUT2D eigenvalue weighted by atomic mass is 10.2. The van der Waals surface area contributed by atoms with E-state index >= 15 is 0 Å². The molecule has 0 heterocycles. The summed E-state index contributed by atoms with van der Waals surface area (Å²) in [6.45, 7) is 0. The highest BCUT2D eigenvalue weighted by atomic mass is 31.1. The molecule has 0 amide bonds. The second-order valence-corrected chi connectivity index (χ2v) is 4.07. The van der Waals surface area contributed by atoms with E-state index in [4.69, 9.17) is 4.52 Å². The number of para-hydroxylation sites is 1. The first-order chi connectivity index (χ1) is 7.45. The van der Waals surface area contributed by atoms with Crippen molar-refractivity contribution in [2.45, 2.75) is 6.16 Å². The normalized spacial score (nSPS) is 10.7. The molecule has 0 N–H and O–H groups in total. The molecular formula is C13H13OP. The molecule has 2 aromatic carbocycles. The minimum absolute atomic E-state index is 0.487. The van der Waals surface area contributed by atoms with Gasteiger partial charge in [-0.1, -0.05) is 48.5 Å². The Balaban J connectivity index is 1.81. The van der Waals surface area contributed by atoms with Gasteiger partial charge in [0.1, 0.15) is 5.75 Å². The number of hydrogen-bond acceptors (Lipinski definition) is 1. The van der Waals surface area contributed by atoms with Gasteiger partial charge in [-0.15, -0.1) is 0 Å². The molecule has 1 unspecified atom stereocenters. The summed E-state index contributed by atoms with van der Waals surface area (Å²) in [7, 11) is 0.487. The van der Waals surface area contributed by atoms with Gasteiger partial charge in [-0.2, -0.15) is 0 Å². The van der Waals surface area contributed by atoms with Crippen LogP contribution in [0.3, 0.4) is 0 Å². The van der Waals surface area contributed by atoms with Crippen molar-refractivity contribution in [3.63, 3.8) is 0 Å². The van der Waals surface area contributed by atoms with Crippen molar-refractivity contribution in [1.82, 2.24) is 0 Å². The van der Waals surface area contributed by atoms with Crippen LogP contribution in [0.25, 0.3) is 0 Å². The van der Waals surface area contributed by atoms with E-state index in [2.05, 4.69) is 24.3 Å². The van der Waals surface area contributed by atoms with Gasteiger partial charge in [0.15, 0.2) is 0 Å². The molecule has 2 aromatic rings. The molecule has 0 saturated carbocycles. The summed E-state index contributed by atoms with van der Waals surface area (Å²) in [6.07, 6.45) is 0.982. The molecule has 15 heavy (non-hydrogen) atoms. The van der Waals surface area contributed by atoms with Crippen LogP contribution in [0.1, 0.15) is 5.56 Å². The van der Waals surface area contributed by atoms with Crippen LogP contribution in [0.5, 0.6) is 5.75 Å². The molecule has 76 valence electrons. The summed E-state index contributed by atoms with van der Waals surface area (Å²) in [6, 6.07) is 20.3. The van der Waals surface area contributed by atoms with E-state index in [1.807, 2.05) is 36.4 Å². The van der Waals surface area contributed by atoms with E-state index in [1.165, 1.54) is 5.56 Å². The highest BCUT2D eigenvalue weighted by molar-refractivity contribution is 7.31. The van der Waals surface area contributed by atoms with Crippen LogP contribution in [-0.2, 0) is 6.16 Å². The van der Waals surface area contributed by atoms with Crippen molar-refractivity contribution in [3.8, 4) is 5.75 Å². The van der Waals surface area contributed by atoms with Gasteiger partial charge in [0.05, 0.1) is 8.81 Å². The third-order valence-corrected chi connectivity index (χ3v) is 2.98. The highest BCUT2D eigenvalue weighted by Crippen LogP contribution is 2.23. The van der Waals surface area contributed by atoms with Crippen molar-refractivity contribution >= 4 is 8.81 Å². The van der Waals surface area contributed by atoms with Crippen LogP contribution in [-0.4, -0.2) is 0 Å². The lowest BCUT2D eigenvalue weighted by Crippen LogP contribution is -1.81.